The molecule has 1 aromatic carbocycles. The molecule has 122 valence electrons. The zero-order chi connectivity index (χ0) is 16.4. The minimum Gasteiger partial charge on any atom is -0.480 e. The molecule has 0 aliphatic carbocycles. The van der Waals surface area contributed by atoms with Crippen LogP contribution in [0.5, 0.6) is 5.75 Å². The van der Waals surface area contributed by atoms with Crippen LogP contribution < -0.4 is 10.1 Å². The lowest BCUT2D eigenvalue weighted by atomic mass is 10.1. The molecule has 1 aliphatic heterocycles. The standard InChI is InChI=1S/C17H16N4O3/c22-17(14-10-11-4-1-2-5-12(11)24-14)18-8-7-15-19-16(21-20-15)13-6-3-9-23-13/h1-6,9,14H,7-8,10H2,(H,18,22)(H,19,20,21)/t14-/m1/s1. The Bertz CT molecular complexity index is 816. The number of aromatic amines is 1. The molecule has 0 fully saturated rings. The summed E-state index contributed by atoms with van der Waals surface area (Å²) in [4.78, 5) is 16.5. The van der Waals surface area contributed by atoms with Crippen molar-refractivity contribution < 1.29 is 13.9 Å². The van der Waals surface area contributed by atoms with E-state index in [2.05, 4.69) is 20.5 Å². The van der Waals surface area contributed by atoms with Gasteiger partial charge < -0.3 is 14.5 Å². The number of nitrogens with one attached hydrogen (secondary N) is 2. The Morgan fingerprint density at radius 2 is 2.21 bits per heavy atom. The van der Waals surface area contributed by atoms with Gasteiger partial charge in [0.25, 0.3) is 5.91 Å². The Kier molecular flexibility index (Phi) is 3.74. The van der Waals surface area contributed by atoms with Crippen LogP contribution in [0.25, 0.3) is 11.6 Å². The number of benzene rings is 1. The summed E-state index contributed by atoms with van der Waals surface area (Å²) in [6, 6.07) is 11.3. The molecule has 0 bridgehead atoms. The highest BCUT2D eigenvalue weighted by Crippen LogP contribution is 2.28. The average Bonchev–Trinajstić information content (AvgIpc) is 3.33. The van der Waals surface area contributed by atoms with Crippen molar-refractivity contribution in [3.8, 4) is 17.3 Å². The molecule has 24 heavy (non-hydrogen) atoms. The Balaban J connectivity index is 1.28. The van der Waals surface area contributed by atoms with Gasteiger partial charge in [0, 0.05) is 19.4 Å². The number of fused-ring (bicyclic) bond motifs is 1. The molecule has 0 saturated carbocycles. The summed E-state index contributed by atoms with van der Waals surface area (Å²) >= 11 is 0. The summed E-state index contributed by atoms with van der Waals surface area (Å²) in [5.41, 5.74) is 1.07. The van der Waals surface area contributed by atoms with Crippen molar-refractivity contribution >= 4 is 5.91 Å². The zero-order valence-electron chi connectivity index (χ0n) is 12.9. The fourth-order valence-corrected chi connectivity index (χ4v) is 2.67. The van der Waals surface area contributed by atoms with Crippen LogP contribution in [-0.4, -0.2) is 33.7 Å². The van der Waals surface area contributed by atoms with Crippen LogP contribution in [-0.2, 0) is 17.6 Å². The molecule has 1 aliphatic rings. The maximum Gasteiger partial charge on any atom is 0.261 e. The Labute approximate surface area is 138 Å². The molecule has 0 saturated heterocycles. The van der Waals surface area contributed by atoms with Crippen LogP contribution in [0.4, 0.5) is 0 Å². The Morgan fingerprint density at radius 1 is 1.29 bits per heavy atom. The van der Waals surface area contributed by atoms with E-state index in [4.69, 9.17) is 9.15 Å². The Morgan fingerprint density at radius 3 is 3.04 bits per heavy atom. The van der Waals surface area contributed by atoms with E-state index in [9.17, 15) is 4.79 Å². The first-order valence-electron chi connectivity index (χ1n) is 7.77. The lowest BCUT2D eigenvalue weighted by Crippen LogP contribution is -2.38. The lowest BCUT2D eigenvalue weighted by molar-refractivity contribution is -0.127. The van der Waals surface area contributed by atoms with E-state index in [1.54, 1.807) is 18.4 Å². The normalized spacial score (nSPS) is 15.8. The highest BCUT2D eigenvalue weighted by molar-refractivity contribution is 5.82. The van der Waals surface area contributed by atoms with Gasteiger partial charge in [0.15, 0.2) is 11.9 Å². The second-order valence-electron chi connectivity index (χ2n) is 5.54. The summed E-state index contributed by atoms with van der Waals surface area (Å²) in [5.74, 6) is 2.49. The van der Waals surface area contributed by atoms with Gasteiger partial charge in [-0.2, -0.15) is 5.10 Å². The molecule has 3 aromatic rings. The van der Waals surface area contributed by atoms with Gasteiger partial charge in [0.05, 0.1) is 6.26 Å². The highest BCUT2D eigenvalue weighted by atomic mass is 16.5. The minimum absolute atomic E-state index is 0.114. The third-order valence-electron chi connectivity index (χ3n) is 3.87. The minimum atomic E-state index is -0.462. The fourth-order valence-electron chi connectivity index (χ4n) is 2.67. The molecule has 1 atom stereocenters. The maximum atomic E-state index is 12.2. The number of furan rings is 1. The predicted octanol–water partition coefficient (Wildman–Crippen LogP) is 1.73. The quantitative estimate of drug-likeness (QED) is 0.745. The number of para-hydroxylation sites is 1. The van der Waals surface area contributed by atoms with Crippen molar-refractivity contribution in [3.63, 3.8) is 0 Å². The number of ether oxygens (including phenoxy) is 1. The summed E-state index contributed by atoms with van der Waals surface area (Å²) in [7, 11) is 0. The zero-order valence-corrected chi connectivity index (χ0v) is 12.9. The molecule has 7 nitrogen and oxygen atoms in total. The van der Waals surface area contributed by atoms with Crippen LogP contribution in [0, 0.1) is 0 Å². The van der Waals surface area contributed by atoms with Gasteiger partial charge in [-0.1, -0.05) is 18.2 Å². The summed E-state index contributed by atoms with van der Waals surface area (Å²) in [6.07, 6.45) is 2.27. The van der Waals surface area contributed by atoms with Crippen LogP contribution in [0.3, 0.4) is 0 Å². The molecule has 0 unspecified atom stereocenters. The molecule has 1 amide bonds. The van der Waals surface area contributed by atoms with E-state index in [0.29, 0.717) is 36.8 Å². The number of carbonyl (C=O) groups excluding carboxylic acids is 1. The monoisotopic (exact) mass is 324 g/mol. The molecule has 2 aromatic heterocycles. The van der Waals surface area contributed by atoms with Gasteiger partial charge >= 0.3 is 0 Å². The van der Waals surface area contributed by atoms with E-state index >= 15 is 0 Å². The first-order chi connectivity index (χ1) is 11.8. The smallest absolute Gasteiger partial charge is 0.261 e. The number of aromatic nitrogens is 3. The van der Waals surface area contributed by atoms with Crippen LogP contribution in [0.1, 0.15) is 11.4 Å². The van der Waals surface area contributed by atoms with Crippen LogP contribution in [0.2, 0.25) is 0 Å². The number of rotatable bonds is 5. The number of carbonyl (C=O) groups is 1. The second kappa shape index (κ2) is 6.19. The van der Waals surface area contributed by atoms with E-state index < -0.39 is 6.10 Å². The van der Waals surface area contributed by atoms with Crippen molar-refractivity contribution in [1.29, 1.82) is 0 Å². The largest absolute Gasteiger partial charge is 0.480 e. The fraction of sp³-hybridized carbons (Fsp3) is 0.235. The average molecular weight is 324 g/mol. The lowest BCUT2D eigenvalue weighted by Gasteiger charge is -2.10. The topological polar surface area (TPSA) is 93.0 Å². The molecular weight excluding hydrogens is 308 g/mol. The summed E-state index contributed by atoms with van der Waals surface area (Å²) < 4.78 is 10.9. The third kappa shape index (κ3) is 2.88. The predicted molar refractivity (Wildman–Crippen MR) is 85.4 cm³/mol. The van der Waals surface area contributed by atoms with Gasteiger partial charge in [0.1, 0.15) is 11.6 Å². The van der Waals surface area contributed by atoms with Crippen LogP contribution in [0.15, 0.2) is 47.1 Å². The SMILES string of the molecule is O=C(NCCc1nc(-c2ccco2)n[nH]1)[C@H]1Cc2ccccc2O1. The van der Waals surface area contributed by atoms with E-state index in [1.165, 1.54) is 0 Å². The van der Waals surface area contributed by atoms with Gasteiger partial charge in [-0.15, -0.1) is 0 Å². The van der Waals surface area contributed by atoms with Crippen molar-refractivity contribution in [2.45, 2.75) is 18.9 Å². The molecule has 3 heterocycles. The van der Waals surface area contributed by atoms with Crippen LogP contribution >= 0.6 is 0 Å². The first kappa shape index (κ1) is 14.5. The third-order valence-corrected chi connectivity index (χ3v) is 3.87. The number of nitrogens with zero attached hydrogens (tertiary/aromatic N) is 2. The van der Waals surface area contributed by atoms with Crippen molar-refractivity contribution in [2.24, 2.45) is 0 Å². The molecular formula is C17H16N4O3. The summed E-state index contributed by atoms with van der Waals surface area (Å²) in [6.45, 7) is 0.460. The van der Waals surface area contributed by atoms with Gasteiger partial charge in [-0.05, 0) is 23.8 Å². The van der Waals surface area contributed by atoms with Crippen molar-refractivity contribution in [1.82, 2.24) is 20.5 Å². The number of amides is 1. The number of hydrogen-bond donors (Lipinski definition) is 2. The molecule has 2 N–H and O–H groups in total. The van der Waals surface area contributed by atoms with Crippen molar-refractivity contribution in [2.75, 3.05) is 6.54 Å². The van der Waals surface area contributed by atoms with E-state index in [1.807, 2.05) is 24.3 Å². The van der Waals surface area contributed by atoms with E-state index in [-0.39, 0.29) is 5.91 Å². The number of H-pyrrole nitrogens is 1. The second-order valence-corrected chi connectivity index (χ2v) is 5.54. The molecule has 0 spiro atoms. The van der Waals surface area contributed by atoms with Gasteiger partial charge in [-0.3, -0.25) is 9.89 Å². The van der Waals surface area contributed by atoms with Gasteiger partial charge in [0.2, 0.25) is 5.82 Å². The molecule has 0 radical (unpaired) electrons. The molecule has 7 heteroatoms. The highest BCUT2D eigenvalue weighted by Gasteiger charge is 2.28. The Hall–Kier alpha value is -3.09. The van der Waals surface area contributed by atoms with Gasteiger partial charge in [-0.25, -0.2) is 4.98 Å². The van der Waals surface area contributed by atoms with E-state index in [0.717, 1.165) is 11.3 Å². The van der Waals surface area contributed by atoms with Crippen molar-refractivity contribution in [3.05, 3.63) is 54.0 Å². The molecule has 4 rings (SSSR count). The first-order valence-corrected chi connectivity index (χ1v) is 7.77. The maximum absolute atomic E-state index is 12.2. The number of hydrogen-bond acceptors (Lipinski definition) is 5. The summed E-state index contributed by atoms with van der Waals surface area (Å²) in [5, 5.41) is 9.82.